The number of amides is 1. The zero-order valence-electron chi connectivity index (χ0n) is 11.8. The molecule has 1 atom stereocenters. The zero-order chi connectivity index (χ0) is 14.9. The minimum absolute atomic E-state index is 0.109. The second-order valence-electron chi connectivity index (χ2n) is 5.91. The SMILES string of the molecule is CC(C)(C)NC(=O)CNc1nc2c(s1)CCC2C(=O)O. The molecule has 0 radical (unpaired) electrons. The molecule has 1 heterocycles. The van der Waals surface area contributed by atoms with Crippen molar-refractivity contribution in [1.82, 2.24) is 10.3 Å². The van der Waals surface area contributed by atoms with E-state index in [1.165, 1.54) is 11.3 Å². The van der Waals surface area contributed by atoms with Gasteiger partial charge in [-0.2, -0.15) is 0 Å². The molecule has 0 spiro atoms. The van der Waals surface area contributed by atoms with Crippen LogP contribution in [0.1, 0.15) is 43.7 Å². The number of anilines is 1. The number of aromatic nitrogens is 1. The van der Waals surface area contributed by atoms with Gasteiger partial charge in [0.25, 0.3) is 0 Å². The summed E-state index contributed by atoms with van der Waals surface area (Å²) in [6.45, 7) is 5.89. The van der Waals surface area contributed by atoms with E-state index in [9.17, 15) is 9.59 Å². The molecule has 1 aromatic rings. The van der Waals surface area contributed by atoms with Crippen molar-refractivity contribution < 1.29 is 14.7 Å². The summed E-state index contributed by atoms with van der Waals surface area (Å²) in [7, 11) is 0. The molecule has 1 aliphatic carbocycles. The maximum absolute atomic E-state index is 11.7. The highest BCUT2D eigenvalue weighted by Crippen LogP contribution is 2.38. The Morgan fingerprint density at radius 1 is 1.45 bits per heavy atom. The third-order valence-electron chi connectivity index (χ3n) is 2.93. The second kappa shape index (κ2) is 5.40. The predicted octanol–water partition coefficient (Wildman–Crippen LogP) is 1.58. The Hall–Kier alpha value is -1.63. The Bertz CT molecular complexity index is 533. The number of hydrogen-bond donors (Lipinski definition) is 3. The summed E-state index contributed by atoms with van der Waals surface area (Å²) in [5.41, 5.74) is 0.388. The Kier molecular flexibility index (Phi) is 3.99. The average molecular weight is 297 g/mol. The number of carbonyl (C=O) groups excluding carboxylic acids is 1. The molecule has 7 heteroatoms. The van der Waals surface area contributed by atoms with Crippen molar-refractivity contribution in [3.05, 3.63) is 10.6 Å². The number of carbonyl (C=O) groups is 2. The Morgan fingerprint density at radius 3 is 2.75 bits per heavy atom. The number of nitrogens with zero attached hydrogens (tertiary/aromatic N) is 1. The Balaban J connectivity index is 1.94. The number of fused-ring (bicyclic) bond motifs is 1. The number of aliphatic carboxylic acids is 1. The first-order valence-corrected chi connectivity index (χ1v) is 7.35. The smallest absolute Gasteiger partial charge is 0.312 e. The Labute approximate surface area is 121 Å². The molecule has 110 valence electrons. The second-order valence-corrected chi connectivity index (χ2v) is 6.99. The first kappa shape index (κ1) is 14.8. The van der Waals surface area contributed by atoms with Gasteiger partial charge < -0.3 is 15.7 Å². The van der Waals surface area contributed by atoms with Crippen LogP contribution in [0.2, 0.25) is 0 Å². The monoisotopic (exact) mass is 297 g/mol. The van der Waals surface area contributed by atoms with Crippen molar-refractivity contribution in [3.63, 3.8) is 0 Å². The van der Waals surface area contributed by atoms with Crippen molar-refractivity contribution >= 4 is 28.3 Å². The van der Waals surface area contributed by atoms with Gasteiger partial charge in [0, 0.05) is 10.4 Å². The molecule has 0 saturated heterocycles. The van der Waals surface area contributed by atoms with Crippen LogP contribution < -0.4 is 10.6 Å². The van der Waals surface area contributed by atoms with Crippen LogP contribution in [0.25, 0.3) is 0 Å². The van der Waals surface area contributed by atoms with Gasteiger partial charge in [0.15, 0.2) is 5.13 Å². The standard InChI is InChI=1S/C13H19N3O3S/c1-13(2,3)16-9(17)6-14-12-15-10-7(11(18)19)4-5-8(10)20-12/h7H,4-6H2,1-3H3,(H,14,15)(H,16,17)(H,18,19). The molecule has 6 nitrogen and oxygen atoms in total. The van der Waals surface area contributed by atoms with Gasteiger partial charge in [0.1, 0.15) is 5.92 Å². The Morgan fingerprint density at radius 2 is 2.15 bits per heavy atom. The highest BCUT2D eigenvalue weighted by atomic mass is 32.1. The van der Waals surface area contributed by atoms with E-state index < -0.39 is 11.9 Å². The predicted molar refractivity (Wildman–Crippen MR) is 77.2 cm³/mol. The lowest BCUT2D eigenvalue weighted by atomic mass is 10.1. The summed E-state index contributed by atoms with van der Waals surface area (Å²) >= 11 is 1.44. The third kappa shape index (κ3) is 3.47. The van der Waals surface area contributed by atoms with Crippen LogP contribution in [-0.2, 0) is 16.0 Å². The summed E-state index contributed by atoms with van der Waals surface area (Å²) in [6.07, 6.45) is 1.37. The number of carboxylic acid groups (broad SMARTS) is 1. The van der Waals surface area contributed by atoms with Crippen LogP contribution in [0.3, 0.4) is 0 Å². The van der Waals surface area contributed by atoms with E-state index >= 15 is 0 Å². The molecule has 0 aliphatic heterocycles. The van der Waals surface area contributed by atoms with E-state index in [2.05, 4.69) is 15.6 Å². The zero-order valence-corrected chi connectivity index (χ0v) is 12.6. The number of thiazole rings is 1. The molecule has 3 N–H and O–H groups in total. The quantitative estimate of drug-likeness (QED) is 0.785. The van der Waals surface area contributed by atoms with Crippen LogP contribution in [0.15, 0.2) is 0 Å². The molecule has 0 fully saturated rings. The highest BCUT2D eigenvalue weighted by molar-refractivity contribution is 7.15. The van der Waals surface area contributed by atoms with Crippen molar-refractivity contribution in [2.45, 2.75) is 45.1 Å². The summed E-state index contributed by atoms with van der Waals surface area (Å²) in [5, 5.41) is 15.5. The summed E-state index contributed by atoms with van der Waals surface area (Å²) in [4.78, 5) is 28.1. The van der Waals surface area contributed by atoms with Crippen LogP contribution in [0, 0.1) is 0 Å². The molecule has 20 heavy (non-hydrogen) atoms. The topological polar surface area (TPSA) is 91.3 Å². The first-order chi connectivity index (χ1) is 9.26. The number of nitrogens with one attached hydrogen (secondary N) is 2. The van der Waals surface area contributed by atoms with E-state index in [1.807, 2.05) is 20.8 Å². The van der Waals surface area contributed by atoms with Crippen LogP contribution in [-0.4, -0.2) is 34.1 Å². The van der Waals surface area contributed by atoms with Gasteiger partial charge in [0.05, 0.1) is 12.2 Å². The van der Waals surface area contributed by atoms with E-state index in [1.54, 1.807) is 0 Å². The van der Waals surface area contributed by atoms with E-state index in [0.717, 1.165) is 11.3 Å². The average Bonchev–Trinajstić information content (AvgIpc) is 2.81. The van der Waals surface area contributed by atoms with Crippen LogP contribution in [0.5, 0.6) is 0 Å². The lowest BCUT2D eigenvalue weighted by Gasteiger charge is -2.20. The molecule has 1 unspecified atom stereocenters. The molecule has 1 amide bonds. The fourth-order valence-electron chi connectivity index (χ4n) is 2.16. The molecule has 2 rings (SSSR count). The summed E-state index contributed by atoms with van der Waals surface area (Å²) in [5.74, 6) is -1.44. The molecule has 0 bridgehead atoms. The maximum Gasteiger partial charge on any atom is 0.312 e. The molecule has 0 aromatic carbocycles. The number of rotatable bonds is 4. The van der Waals surface area contributed by atoms with E-state index in [-0.39, 0.29) is 18.0 Å². The van der Waals surface area contributed by atoms with Gasteiger partial charge in [-0.3, -0.25) is 9.59 Å². The van der Waals surface area contributed by atoms with Gasteiger partial charge in [-0.05, 0) is 33.6 Å². The van der Waals surface area contributed by atoms with Crippen molar-refractivity contribution in [1.29, 1.82) is 0 Å². The number of carboxylic acids is 1. The fraction of sp³-hybridized carbons (Fsp3) is 0.615. The normalized spacial score (nSPS) is 17.6. The number of aryl methyl sites for hydroxylation is 1. The van der Waals surface area contributed by atoms with Crippen LogP contribution in [0.4, 0.5) is 5.13 Å². The van der Waals surface area contributed by atoms with Gasteiger partial charge in [-0.25, -0.2) is 4.98 Å². The maximum atomic E-state index is 11.7. The molecule has 1 aliphatic rings. The molecular weight excluding hydrogens is 278 g/mol. The summed E-state index contributed by atoms with van der Waals surface area (Å²) in [6, 6.07) is 0. The lowest BCUT2D eigenvalue weighted by molar-refractivity contribution is -0.138. The largest absolute Gasteiger partial charge is 0.481 e. The van der Waals surface area contributed by atoms with Gasteiger partial charge in [-0.15, -0.1) is 11.3 Å². The minimum Gasteiger partial charge on any atom is -0.481 e. The third-order valence-corrected chi connectivity index (χ3v) is 4.02. The van der Waals surface area contributed by atoms with Crippen molar-refractivity contribution in [2.24, 2.45) is 0 Å². The minimum atomic E-state index is -0.828. The molecular formula is C13H19N3O3S. The molecule has 1 aromatic heterocycles. The van der Waals surface area contributed by atoms with E-state index in [4.69, 9.17) is 5.11 Å². The highest BCUT2D eigenvalue weighted by Gasteiger charge is 2.32. The van der Waals surface area contributed by atoms with Gasteiger partial charge in [-0.1, -0.05) is 0 Å². The lowest BCUT2D eigenvalue weighted by Crippen LogP contribution is -2.43. The van der Waals surface area contributed by atoms with Crippen molar-refractivity contribution in [3.8, 4) is 0 Å². The van der Waals surface area contributed by atoms with E-state index in [0.29, 0.717) is 17.2 Å². The van der Waals surface area contributed by atoms with Gasteiger partial charge in [0.2, 0.25) is 5.91 Å². The summed E-state index contributed by atoms with van der Waals surface area (Å²) < 4.78 is 0. The van der Waals surface area contributed by atoms with Gasteiger partial charge >= 0.3 is 5.97 Å². The molecule has 0 saturated carbocycles. The first-order valence-electron chi connectivity index (χ1n) is 6.53. The fourth-order valence-corrected chi connectivity index (χ4v) is 3.20. The van der Waals surface area contributed by atoms with Crippen LogP contribution >= 0.6 is 11.3 Å². The van der Waals surface area contributed by atoms with Crippen molar-refractivity contribution in [2.75, 3.05) is 11.9 Å². The number of hydrogen-bond acceptors (Lipinski definition) is 5.